The van der Waals surface area contributed by atoms with Gasteiger partial charge in [-0.3, -0.25) is 4.68 Å². The molecular formula is C13H15F2N3. The van der Waals surface area contributed by atoms with Crippen molar-refractivity contribution in [3.63, 3.8) is 0 Å². The summed E-state index contributed by atoms with van der Waals surface area (Å²) in [5.74, 6) is -1.68. The fraction of sp³-hybridized carbons (Fsp3) is 0.308. The lowest BCUT2D eigenvalue weighted by Gasteiger charge is -2.05. The number of aromatic nitrogens is 2. The zero-order valence-corrected chi connectivity index (χ0v) is 10.6. The summed E-state index contributed by atoms with van der Waals surface area (Å²) in [5, 5.41) is 7.38. The zero-order valence-electron chi connectivity index (χ0n) is 10.6. The van der Waals surface area contributed by atoms with E-state index < -0.39 is 11.6 Å². The summed E-state index contributed by atoms with van der Waals surface area (Å²) >= 11 is 0. The monoisotopic (exact) mass is 251 g/mol. The van der Waals surface area contributed by atoms with E-state index in [0.717, 1.165) is 23.0 Å². The van der Waals surface area contributed by atoms with E-state index in [-0.39, 0.29) is 0 Å². The molecule has 0 saturated carbocycles. The Labute approximate surface area is 104 Å². The number of nitrogens with one attached hydrogen (secondary N) is 1. The molecule has 0 bridgehead atoms. The summed E-state index contributed by atoms with van der Waals surface area (Å²) in [7, 11) is 3.65. The Bertz CT molecular complexity index is 576. The third-order valence-electron chi connectivity index (χ3n) is 2.96. The second-order valence-corrected chi connectivity index (χ2v) is 4.19. The molecule has 18 heavy (non-hydrogen) atoms. The normalized spacial score (nSPS) is 10.9. The zero-order chi connectivity index (χ0) is 13.3. The van der Waals surface area contributed by atoms with Gasteiger partial charge in [0.15, 0.2) is 11.6 Å². The van der Waals surface area contributed by atoms with Gasteiger partial charge in [-0.25, -0.2) is 8.78 Å². The molecular weight excluding hydrogens is 236 g/mol. The number of benzene rings is 1. The van der Waals surface area contributed by atoms with Gasteiger partial charge in [0.05, 0.1) is 5.69 Å². The number of halogens is 2. The molecule has 2 aromatic rings. The van der Waals surface area contributed by atoms with Crippen LogP contribution in [0.2, 0.25) is 0 Å². The highest BCUT2D eigenvalue weighted by Crippen LogP contribution is 2.28. The van der Waals surface area contributed by atoms with Gasteiger partial charge in [-0.05, 0) is 31.7 Å². The molecule has 96 valence electrons. The van der Waals surface area contributed by atoms with Gasteiger partial charge < -0.3 is 5.32 Å². The Kier molecular flexibility index (Phi) is 3.43. The van der Waals surface area contributed by atoms with Crippen LogP contribution in [0, 0.1) is 18.6 Å². The average molecular weight is 251 g/mol. The van der Waals surface area contributed by atoms with Crippen molar-refractivity contribution in [1.29, 1.82) is 0 Å². The van der Waals surface area contributed by atoms with Crippen molar-refractivity contribution in [2.24, 2.45) is 7.05 Å². The van der Waals surface area contributed by atoms with Gasteiger partial charge in [-0.15, -0.1) is 0 Å². The lowest BCUT2D eigenvalue weighted by molar-refractivity contribution is 0.509. The van der Waals surface area contributed by atoms with E-state index in [1.165, 1.54) is 6.07 Å². The first-order valence-corrected chi connectivity index (χ1v) is 5.67. The van der Waals surface area contributed by atoms with Crippen LogP contribution in [-0.4, -0.2) is 16.8 Å². The SMILES string of the molecule is CNCc1nn(C)c(C)c1-c1ccc(F)c(F)c1. The van der Waals surface area contributed by atoms with Crippen LogP contribution in [0.1, 0.15) is 11.4 Å². The highest BCUT2D eigenvalue weighted by atomic mass is 19.2. The molecule has 1 N–H and O–H groups in total. The first-order valence-electron chi connectivity index (χ1n) is 5.67. The van der Waals surface area contributed by atoms with Crippen molar-refractivity contribution in [1.82, 2.24) is 15.1 Å². The fourth-order valence-corrected chi connectivity index (χ4v) is 2.00. The third-order valence-corrected chi connectivity index (χ3v) is 2.96. The van der Waals surface area contributed by atoms with Gasteiger partial charge in [-0.2, -0.15) is 5.10 Å². The van der Waals surface area contributed by atoms with Crippen molar-refractivity contribution >= 4 is 0 Å². The van der Waals surface area contributed by atoms with E-state index >= 15 is 0 Å². The maximum Gasteiger partial charge on any atom is 0.159 e. The Balaban J connectivity index is 2.58. The van der Waals surface area contributed by atoms with E-state index in [9.17, 15) is 8.78 Å². The molecule has 2 rings (SSSR count). The molecule has 0 unspecified atom stereocenters. The summed E-state index contributed by atoms with van der Waals surface area (Å²) in [6.07, 6.45) is 0. The van der Waals surface area contributed by atoms with Crippen LogP contribution in [0.3, 0.4) is 0 Å². The average Bonchev–Trinajstić information content (AvgIpc) is 2.60. The molecule has 1 aromatic heterocycles. The Hall–Kier alpha value is -1.75. The topological polar surface area (TPSA) is 29.9 Å². The largest absolute Gasteiger partial charge is 0.314 e. The van der Waals surface area contributed by atoms with Crippen LogP contribution < -0.4 is 5.32 Å². The summed E-state index contributed by atoms with van der Waals surface area (Å²) in [6, 6.07) is 3.92. The first kappa shape index (κ1) is 12.7. The van der Waals surface area contributed by atoms with Crippen molar-refractivity contribution in [3.8, 4) is 11.1 Å². The van der Waals surface area contributed by atoms with Gasteiger partial charge in [-0.1, -0.05) is 6.07 Å². The Morgan fingerprint density at radius 3 is 2.61 bits per heavy atom. The molecule has 1 aromatic carbocycles. The lowest BCUT2D eigenvalue weighted by atomic mass is 10.0. The summed E-state index contributed by atoms with van der Waals surface area (Å²) < 4.78 is 28.0. The van der Waals surface area contributed by atoms with Crippen molar-refractivity contribution in [2.45, 2.75) is 13.5 Å². The van der Waals surface area contributed by atoms with E-state index in [0.29, 0.717) is 12.1 Å². The van der Waals surface area contributed by atoms with Crippen LogP contribution in [0.5, 0.6) is 0 Å². The molecule has 0 spiro atoms. The summed E-state index contributed by atoms with van der Waals surface area (Å²) in [5.41, 5.74) is 3.24. The van der Waals surface area contributed by atoms with Gasteiger partial charge in [0, 0.05) is 24.8 Å². The van der Waals surface area contributed by atoms with E-state index in [2.05, 4.69) is 10.4 Å². The molecule has 1 heterocycles. The minimum atomic E-state index is -0.842. The van der Waals surface area contributed by atoms with Crippen LogP contribution in [-0.2, 0) is 13.6 Å². The highest BCUT2D eigenvalue weighted by molar-refractivity contribution is 5.68. The predicted octanol–water partition coefficient (Wildman–Crippen LogP) is 2.39. The lowest BCUT2D eigenvalue weighted by Crippen LogP contribution is -2.07. The van der Waals surface area contributed by atoms with Crippen LogP contribution in [0.4, 0.5) is 8.78 Å². The number of hydrogen-bond acceptors (Lipinski definition) is 2. The molecule has 0 aliphatic carbocycles. The standard InChI is InChI=1S/C13H15F2N3/c1-8-13(12(7-16-2)17-18(8)3)9-4-5-10(14)11(15)6-9/h4-6,16H,7H2,1-3H3. The summed E-state index contributed by atoms with van der Waals surface area (Å²) in [6.45, 7) is 2.48. The fourth-order valence-electron chi connectivity index (χ4n) is 2.00. The highest BCUT2D eigenvalue weighted by Gasteiger charge is 2.15. The molecule has 0 aliphatic heterocycles. The summed E-state index contributed by atoms with van der Waals surface area (Å²) in [4.78, 5) is 0. The van der Waals surface area contributed by atoms with Crippen LogP contribution in [0.25, 0.3) is 11.1 Å². The minimum absolute atomic E-state index is 0.579. The maximum atomic E-state index is 13.3. The molecule has 0 aliphatic rings. The molecule has 0 atom stereocenters. The van der Waals surface area contributed by atoms with Gasteiger partial charge in [0.25, 0.3) is 0 Å². The first-order chi connectivity index (χ1) is 8.54. The van der Waals surface area contributed by atoms with E-state index in [1.807, 2.05) is 21.0 Å². The van der Waals surface area contributed by atoms with E-state index in [1.54, 1.807) is 10.7 Å². The van der Waals surface area contributed by atoms with Gasteiger partial charge in [0.1, 0.15) is 0 Å². The number of nitrogens with zero attached hydrogens (tertiary/aromatic N) is 2. The molecule has 0 fully saturated rings. The molecule has 3 nitrogen and oxygen atoms in total. The van der Waals surface area contributed by atoms with E-state index in [4.69, 9.17) is 0 Å². The number of aryl methyl sites for hydroxylation is 1. The van der Waals surface area contributed by atoms with Gasteiger partial charge >= 0.3 is 0 Å². The van der Waals surface area contributed by atoms with Gasteiger partial charge in [0.2, 0.25) is 0 Å². The number of rotatable bonds is 3. The molecule has 0 radical (unpaired) electrons. The van der Waals surface area contributed by atoms with Crippen LogP contribution in [0.15, 0.2) is 18.2 Å². The van der Waals surface area contributed by atoms with Crippen LogP contribution >= 0.6 is 0 Å². The second-order valence-electron chi connectivity index (χ2n) is 4.19. The number of hydrogen-bond donors (Lipinski definition) is 1. The minimum Gasteiger partial charge on any atom is -0.314 e. The van der Waals surface area contributed by atoms with Crippen molar-refractivity contribution in [2.75, 3.05) is 7.05 Å². The molecule has 0 amide bonds. The third kappa shape index (κ3) is 2.13. The molecule has 0 saturated heterocycles. The quantitative estimate of drug-likeness (QED) is 0.907. The Morgan fingerprint density at radius 1 is 1.28 bits per heavy atom. The van der Waals surface area contributed by atoms with Crippen molar-refractivity contribution in [3.05, 3.63) is 41.2 Å². The maximum absolute atomic E-state index is 13.3. The second kappa shape index (κ2) is 4.86. The Morgan fingerprint density at radius 2 is 2.00 bits per heavy atom. The molecule has 5 heteroatoms. The van der Waals surface area contributed by atoms with Crippen molar-refractivity contribution < 1.29 is 8.78 Å². The predicted molar refractivity (Wildman–Crippen MR) is 66.1 cm³/mol. The smallest absolute Gasteiger partial charge is 0.159 e.